The second-order valence-corrected chi connectivity index (χ2v) is 12.4. The van der Waals surface area contributed by atoms with Crippen molar-refractivity contribution in [3.8, 4) is 29.2 Å². The molecule has 3 aromatic heterocycles. The normalized spacial score (nSPS) is 11.6. The Morgan fingerprint density at radius 2 is 0.673 bits per heavy atom. The van der Waals surface area contributed by atoms with Crippen molar-refractivity contribution in [2.24, 2.45) is 0 Å². The van der Waals surface area contributed by atoms with Gasteiger partial charge >= 0.3 is 0 Å². The van der Waals surface area contributed by atoms with Crippen molar-refractivity contribution in [1.29, 1.82) is 10.5 Å². The highest BCUT2D eigenvalue weighted by Crippen LogP contribution is 2.41. The Morgan fingerprint density at radius 3 is 1.12 bits per heavy atom. The number of nitriles is 2. The third-order valence-electron chi connectivity index (χ3n) is 9.90. The first kappa shape index (κ1) is 27.1. The fourth-order valence-corrected chi connectivity index (χ4v) is 7.85. The number of hydrogen-bond acceptors (Lipinski definition) is 2. The SMILES string of the molecule is N#Cc1cc(-n2c3ccccc3c3cc4c(cc32)c2ccccc2n4-c2ccccc2)c(C#N)cc1-n1c2ccccc2c2ccccc21. The van der Waals surface area contributed by atoms with Crippen molar-refractivity contribution in [2.75, 3.05) is 0 Å². The van der Waals surface area contributed by atoms with Crippen molar-refractivity contribution >= 4 is 65.4 Å². The molecule has 10 rings (SSSR count). The van der Waals surface area contributed by atoms with Gasteiger partial charge in [0, 0.05) is 38.0 Å². The van der Waals surface area contributed by atoms with Crippen molar-refractivity contribution in [3.63, 3.8) is 0 Å². The third kappa shape index (κ3) is 3.73. The first-order valence-electron chi connectivity index (χ1n) is 16.2. The van der Waals surface area contributed by atoms with Gasteiger partial charge in [-0.3, -0.25) is 0 Å². The van der Waals surface area contributed by atoms with Crippen LogP contribution in [0.2, 0.25) is 0 Å². The van der Waals surface area contributed by atoms with Crippen molar-refractivity contribution in [1.82, 2.24) is 13.7 Å². The fourth-order valence-electron chi connectivity index (χ4n) is 7.85. The second kappa shape index (κ2) is 10.2. The summed E-state index contributed by atoms with van der Waals surface area (Å²) in [5, 5.41) is 28.1. The summed E-state index contributed by atoms with van der Waals surface area (Å²) in [6.45, 7) is 0. The highest BCUT2D eigenvalue weighted by molar-refractivity contribution is 6.19. The highest BCUT2D eigenvalue weighted by atomic mass is 15.0. The van der Waals surface area contributed by atoms with Crippen LogP contribution in [0.25, 0.3) is 82.5 Å². The number of benzene rings is 7. The summed E-state index contributed by atoms with van der Waals surface area (Å²) in [7, 11) is 0. The molecule has 10 aromatic rings. The smallest absolute Gasteiger partial charge is 0.101 e. The standard InChI is InChI=1S/C44H25N5/c45-26-28-23-42(29(27-46)22-41(28)48-38-19-9-4-14-31(38)32-15-5-10-20-39(32)48)49-40-21-11-7-17-34(40)36-24-43-35(25-44(36)49)33-16-6-8-18-37(33)47(43)30-12-2-1-3-13-30/h1-25H. The van der Waals surface area contributed by atoms with E-state index in [0.717, 1.165) is 71.1 Å². The Bertz CT molecular complexity index is 3020. The van der Waals surface area contributed by atoms with E-state index in [1.165, 1.54) is 0 Å². The molecule has 0 aliphatic carbocycles. The number of fused-ring (bicyclic) bond motifs is 9. The van der Waals surface area contributed by atoms with Crippen LogP contribution in [0.5, 0.6) is 0 Å². The van der Waals surface area contributed by atoms with Gasteiger partial charge in [0.1, 0.15) is 12.1 Å². The second-order valence-electron chi connectivity index (χ2n) is 12.4. The Hall–Kier alpha value is -7.08. The molecule has 0 N–H and O–H groups in total. The van der Waals surface area contributed by atoms with Crippen LogP contribution in [0.1, 0.15) is 11.1 Å². The molecule has 0 fully saturated rings. The van der Waals surface area contributed by atoms with E-state index in [1.807, 2.05) is 48.5 Å². The van der Waals surface area contributed by atoms with E-state index in [2.05, 4.69) is 129 Å². The van der Waals surface area contributed by atoms with Crippen molar-refractivity contribution in [2.45, 2.75) is 0 Å². The van der Waals surface area contributed by atoms with Gasteiger partial charge in [0.2, 0.25) is 0 Å². The van der Waals surface area contributed by atoms with Gasteiger partial charge in [-0.2, -0.15) is 10.5 Å². The lowest BCUT2D eigenvalue weighted by Crippen LogP contribution is -2.04. The molecule has 0 saturated carbocycles. The average Bonchev–Trinajstić information content (AvgIpc) is 3.79. The monoisotopic (exact) mass is 623 g/mol. The zero-order valence-corrected chi connectivity index (χ0v) is 26.2. The summed E-state index contributed by atoms with van der Waals surface area (Å²) in [6, 6.07) is 57.0. The topological polar surface area (TPSA) is 62.4 Å². The predicted molar refractivity (Wildman–Crippen MR) is 199 cm³/mol. The first-order chi connectivity index (χ1) is 24.2. The molecule has 0 aliphatic heterocycles. The number of rotatable bonds is 3. The zero-order valence-electron chi connectivity index (χ0n) is 26.2. The van der Waals surface area contributed by atoms with Crippen LogP contribution in [0.4, 0.5) is 0 Å². The number of hydrogen-bond donors (Lipinski definition) is 0. The molecule has 0 atom stereocenters. The molecular weight excluding hydrogens is 599 g/mol. The summed E-state index contributed by atoms with van der Waals surface area (Å²) >= 11 is 0. The lowest BCUT2D eigenvalue weighted by atomic mass is 10.1. The molecule has 5 heteroatoms. The van der Waals surface area contributed by atoms with Gasteiger partial charge in [-0.25, -0.2) is 0 Å². The van der Waals surface area contributed by atoms with E-state index in [-0.39, 0.29) is 0 Å². The van der Waals surface area contributed by atoms with Crippen LogP contribution in [0.15, 0.2) is 152 Å². The minimum atomic E-state index is 0.491. The van der Waals surface area contributed by atoms with Gasteiger partial charge in [-0.15, -0.1) is 0 Å². The molecule has 0 saturated heterocycles. The summed E-state index contributed by atoms with van der Waals surface area (Å²) in [5.41, 5.74) is 9.64. The lowest BCUT2D eigenvalue weighted by Gasteiger charge is -2.15. The van der Waals surface area contributed by atoms with Crippen LogP contribution < -0.4 is 0 Å². The number of para-hydroxylation sites is 5. The summed E-state index contributed by atoms with van der Waals surface area (Å²) in [5.74, 6) is 0. The summed E-state index contributed by atoms with van der Waals surface area (Å²) in [6.07, 6.45) is 0. The maximum atomic E-state index is 10.8. The molecule has 0 spiro atoms. The van der Waals surface area contributed by atoms with Crippen LogP contribution in [-0.2, 0) is 0 Å². The van der Waals surface area contributed by atoms with E-state index in [0.29, 0.717) is 22.5 Å². The van der Waals surface area contributed by atoms with Gasteiger partial charge in [0.25, 0.3) is 0 Å². The molecule has 7 aromatic carbocycles. The Labute approximate surface area is 280 Å². The maximum Gasteiger partial charge on any atom is 0.101 e. The van der Waals surface area contributed by atoms with Gasteiger partial charge in [-0.1, -0.05) is 91.0 Å². The van der Waals surface area contributed by atoms with Gasteiger partial charge in [-0.05, 0) is 60.7 Å². The van der Waals surface area contributed by atoms with E-state index in [1.54, 1.807) is 0 Å². The molecule has 226 valence electrons. The van der Waals surface area contributed by atoms with Crippen LogP contribution >= 0.6 is 0 Å². The minimum absolute atomic E-state index is 0.491. The van der Waals surface area contributed by atoms with Crippen LogP contribution in [0, 0.1) is 22.7 Å². The van der Waals surface area contributed by atoms with Crippen LogP contribution in [0.3, 0.4) is 0 Å². The first-order valence-corrected chi connectivity index (χ1v) is 16.2. The molecule has 49 heavy (non-hydrogen) atoms. The van der Waals surface area contributed by atoms with Gasteiger partial charge in [0.05, 0.1) is 55.6 Å². The quantitative estimate of drug-likeness (QED) is 0.197. The fraction of sp³-hybridized carbons (Fsp3) is 0. The molecule has 3 heterocycles. The van der Waals surface area contributed by atoms with E-state index in [4.69, 9.17) is 0 Å². The van der Waals surface area contributed by atoms with Gasteiger partial charge in [0.15, 0.2) is 0 Å². The molecular formula is C44H25N5. The molecule has 5 nitrogen and oxygen atoms in total. The predicted octanol–water partition coefficient (Wildman–Crippen LogP) is 10.7. The molecule has 0 unspecified atom stereocenters. The summed E-state index contributed by atoms with van der Waals surface area (Å²) < 4.78 is 6.60. The average molecular weight is 624 g/mol. The maximum absolute atomic E-state index is 10.8. The summed E-state index contributed by atoms with van der Waals surface area (Å²) in [4.78, 5) is 0. The molecule has 0 aliphatic rings. The van der Waals surface area contributed by atoms with E-state index in [9.17, 15) is 10.5 Å². The zero-order chi connectivity index (χ0) is 32.6. The van der Waals surface area contributed by atoms with Crippen molar-refractivity contribution in [3.05, 3.63) is 163 Å². The minimum Gasteiger partial charge on any atom is -0.309 e. The third-order valence-corrected chi connectivity index (χ3v) is 9.90. The van der Waals surface area contributed by atoms with E-state index < -0.39 is 0 Å². The van der Waals surface area contributed by atoms with Gasteiger partial charge < -0.3 is 13.7 Å². The molecule has 0 bridgehead atoms. The van der Waals surface area contributed by atoms with Crippen molar-refractivity contribution < 1.29 is 0 Å². The Balaban J connectivity index is 1.31. The Morgan fingerprint density at radius 1 is 0.327 bits per heavy atom. The molecule has 0 radical (unpaired) electrons. The largest absolute Gasteiger partial charge is 0.309 e. The molecule has 0 amide bonds. The number of nitrogens with zero attached hydrogens (tertiary/aromatic N) is 5. The van der Waals surface area contributed by atoms with E-state index >= 15 is 0 Å². The lowest BCUT2D eigenvalue weighted by molar-refractivity contribution is 1.12. The number of aromatic nitrogens is 3. The Kier molecular flexibility index (Phi) is 5.64. The van der Waals surface area contributed by atoms with Crippen LogP contribution in [-0.4, -0.2) is 13.7 Å². The highest BCUT2D eigenvalue weighted by Gasteiger charge is 2.22.